The van der Waals surface area contributed by atoms with Gasteiger partial charge in [-0.15, -0.1) is 0 Å². The molecule has 0 atom stereocenters. The summed E-state index contributed by atoms with van der Waals surface area (Å²) < 4.78 is 4.86. The lowest BCUT2D eigenvalue weighted by Crippen LogP contribution is -2.35. The van der Waals surface area contributed by atoms with Gasteiger partial charge in [0.25, 0.3) is 5.91 Å². The molecule has 0 radical (unpaired) electrons. The molecular formula is C14H18N6O3. The fraction of sp³-hybridized carbons (Fsp3) is 0.357. The number of likely N-dealkylation sites (N-methyl/N-ethyl adjacent to an activating group) is 1. The Labute approximate surface area is 133 Å². The van der Waals surface area contributed by atoms with Crippen molar-refractivity contribution in [2.75, 3.05) is 31.3 Å². The lowest BCUT2D eigenvalue weighted by atomic mass is 10.3. The van der Waals surface area contributed by atoms with E-state index in [4.69, 9.17) is 4.52 Å². The van der Waals surface area contributed by atoms with Gasteiger partial charge in [-0.2, -0.15) is 0 Å². The first-order valence-corrected chi connectivity index (χ1v) is 6.91. The van der Waals surface area contributed by atoms with Gasteiger partial charge in [-0.05, 0) is 19.9 Å². The van der Waals surface area contributed by atoms with E-state index in [1.165, 1.54) is 11.9 Å². The number of rotatable bonds is 5. The summed E-state index contributed by atoms with van der Waals surface area (Å²) in [5.74, 6) is 0.487. The number of anilines is 2. The highest BCUT2D eigenvalue weighted by Gasteiger charge is 2.18. The Hall–Kier alpha value is -2.97. The summed E-state index contributed by atoms with van der Waals surface area (Å²) in [5, 5.41) is 9.00. The smallest absolute Gasteiger partial charge is 0.272 e. The van der Waals surface area contributed by atoms with Crippen LogP contribution < -0.4 is 10.6 Å². The van der Waals surface area contributed by atoms with Gasteiger partial charge in [0, 0.05) is 25.9 Å². The molecule has 9 nitrogen and oxygen atoms in total. The minimum Gasteiger partial charge on any atom is -0.360 e. The molecule has 0 aliphatic heterocycles. The van der Waals surface area contributed by atoms with Gasteiger partial charge in [-0.3, -0.25) is 9.59 Å². The van der Waals surface area contributed by atoms with Crippen LogP contribution in [0.2, 0.25) is 0 Å². The maximum absolute atomic E-state index is 12.4. The largest absolute Gasteiger partial charge is 0.360 e. The highest BCUT2D eigenvalue weighted by atomic mass is 16.5. The summed E-state index contributed by atoms with van der Waals surface area (Å²) in [4.78, 5) is 33.8. The first-order chi connectivity index (χ1) is 10.9. The lowest BCUT2D eigenvalue weighted by molar-refractivity contribution is -0.116. The van der Waals surface area contributed by atoms with Gasteiger partial charge in [-0.25, -0.2) is 9.97 Å². The highest BCUT2D eigenvalue weighted by molar-refractivity contribution is 5.98. The predicted molar refractivity (Wildman–Crippen MR) is 83.1 cm³/mol. The third kappa shape index (κ3) is 4.25. The van der Waals surface area contributed by atoms with Gasteiger partial charge in [0.1, 0.15) is 11.5 Å². The molecule has 0 saturated carbocycles. The molecule has 0 aromatic carbocycles. The van der Waals surface area contributed by atoms with Crippen molar-refractivity contribution < 1.29 is 14.1 Å². The third-order valence-corrected chi connectivity index (χ3v) is 2.92. The zero-order valence-corrected chi connectivity index (χ0v) is 13.4. The van der Waals surface area contributed by atoms with Crippen molar-refractivity contribution in [1.29, 1.82) is 0 Å². The topological polar surface area (TPSA) is 113 Å². The Morgan fingerprint density at radius 1 is 1.26 bits per heavy atom. The van der Waals surface area contributed by atoms with E-state index in [-0.39, 0.29) is 24.1 Å². The van der Waals surface area contributed by atoms with Gasteiger partial charge >= 0.3 is 0 Å². The number of nitrogens with zero attached hydrogens (tertiary/aromatic N) is 4. The first kappa shape index (κ1) is 16.4. The van der Waals surface area contributed by atoms with E-state index < -0.39 is 0 Å². The Morgan fingerprint density at radius 2 is 2.00 bits per heavy atom. The first-order valence-electron chi connectivity index (χ1n) is 6.91. The minimum absolute atomic E-state index is 0.136. The molecule has 2 heterocycles. The second-order valence-corrected chi connectivity index (χ2v) is 5.00. The SMILES string of the molecule is CNc1nc(C)cc(C(=O)N(C)CC(=O)Nc2cc(C)on2)n1. The van der Waals surface area contributed by atoms with Crippen molar-refractivity contribution >= 4 is 23.6 Å². The number of aryl methyl sites for hydroxylation is 2. The van der Waals surface area contributed by atoms with Crippen molar-refractivity contribution in [3.05, 3.63) is 29.3 Å². The monoisotopic (exact) mass is 318 g/mol. The molecule has 0 aliphatic rings. The van der Waals surface area contributed by atoms with Gasteiger partial charge in [0.15, 0.2) is 5.82 Å². The second kappa shape index (κ2) is 6.86. The van der Waals surface area contributed by atoms with Crippen LogP contribution in [-0.2, 0) is 4.79 Å². The Kier molecular flexibility index (Phi) is 4.89. The average molecular weight is 318 g/mol. The van der Waals surface area contributed by atoms with Crippen LogP contribution >= 0.6 is 0 Å². The summed E-state index contributed by atoms with van der Waals surface area (Å²) >= 11 is 0. The molecule has 23 heavy (non-hydrogen) atoms. The van der Waals surface area contributed by atoms with Crippen molar-refractivity contribution in [2.45, 2.75) is 13.8 Å². The van der Waals surface area contributed by atoms with E-state index in [9.17, 15) is 9.59 Å². The Morgan fingerprint density at radius 3 is 2.61 bits per heavy atom. The van der Waals surface area contributed by atoms with Crippen LogP contribution in [0, 0.1) is 13.8 Å². The number of nitrogens with one attached hydrogen (secondary N) is 2. The molecule has 0 fully saturated rings. The number of amides is 2. The third-order valence-electron chi connectivity index (χ3n) is 2.92. The summed E-state index contributed by atoms with van der Waals surface area (Å²) in [6, 6.07) is 3.16. The molecule has 0 aliphatic carbocycles. The van der Waals surface area contributed by atoms with Gasteiger partial charge in [0.05, 0.1) is 6.54 Å². The van der Waals surface area contributed by atoms with E-state index in [0.717, 1.165) is 0 Å². The Bertz CT molecular complexity index is 727. The number of carbonyl (C=O) groups excluding carboxylic acids is 2. The van der Waals surface area contributed by atoms with Gasteiger partial charge < -0.3 is 20.1 Å². The molecule has 2 aromatic rings. The van der Waals surface area contributed by atoms with Crippen LogP contribution in [0.4, 0.5) is 11.8 Å². The predicted octanol–water partition coefficient (Wildman–Crippen LogP) is 0.834. The normalized spacial score (nSPS) is 10.3. The molecule has 2 amide bonds. The molecule has 122 valence electrons. The maximum Gasteiger partial charge on any atom is 0.272 e. The fourth-order valence-corrected chi connectivity index (χ4v) is 1.88. The standard InChI is InChI=1S/C14H18N6O3/c1-8-5-10(17-14(15-3)16-8)13(22)20(4)7-12(21)18-11-6-9(2)23-19-11/h5-6H,7H2,1-4H3,(H,15,16,17)(H,18,19,21). The average Bonchev–Trinajstić information content (AvgIpc) is 2.90. The summed E-state index contributed by atoms with van der Waals surface area (Å²) in [5.41, 5.74) is 0.873. The van der Waals surface area contributed by atoms with Crippen molar-refractivity contribution in [3.63, 3.8) is 0 Å². The van der Waals surface area contributed by atoms with Crippen molar-refractivity contribution in [3.8, 4) is 0 Å². The summed E-state index contributed by atoms with van der Waals surface area (Å²) in [6.07, 6.45) is 0. The highest BCUT2D eigenvalue weighted by Crippen LogP contribution is 2.09. The number of hydrogen-bond donors (Lipinski definition) is 2. The quantitative estimate of drug-likeness (QED) is 0.839. The summed E-state index contributed by atoms with van der Waals surface area (Å²) in [7, 11) is 3.19. The van der Waals surface area contributed by atoms with Crippen LogP contribution in [0.5, 0.6) is 0 Å². The van der Waals surface area contributed by atoms with Crippen molar-refractivity contribution in [1.82, 2.24) is 20.0 Å². The van der Waals surface area contributed by atoms with Crippen LogP contribution in [0.25, 0.3) is 0 Å². The van der Waals surface area contributed by atoms with E-state index in [1.54, 1.807) is 33.0 Å². The number of aromatic nitrogens is 3. The van der Waals surface area contributed by atoms with Crippen LogP contribution in [-0.4, -0.2) is 52.5 Å². The Balaban J connectivity index is 2.02. The van der Waals surface area contributed by atoms with Crippen LogP contribution in [0.15, 0.2) is 16.7 Å². The number of hydrogen-bond acceptors (Lipinski definition) is 7. The van der Waals surface area contributed by atoms with E-state index in [0.29, 0.717) is 23.2 Å². The van der Waals surface area contributed by atoms with Crippen molar-refractivity contribution in [2.24, 2.45) is 0 Å². The van der Waals surface area contributed by atoms with Crippen LogP contribution in [0.3, 0.4) is 0 Å². The van der Waals surface area contributed by atoms with E-state index >= 15 is 0 Å². The van der Waals surface area contributed by atoms with Gasteiger partial charge in [0.2, 0.25) is 11.9 Å². The molecular weight excluding hydrogens is 300 g/mol. The molecule has 2 aromatic heterocycles. The molecule has 0 saturated heterocycles. The zero-order valence-electron chi connectivity index (χ0n) is 13.4. The second-order valence-electron chi connectivity index (χ2n) is 5.00. The molecule has 0 spiro atoms. The molecule has 2 rings (SSSR count). The van der Waals surface area contributed by atoms with E-state index in [2.05, 4.69) is 25.8 Å². The molecule has 0 unspecified atom stereocenters. The fourth-order valence-electron chi connectivity index (χ4n) is 1.88. The van der Waals surface area contributed by atoms with E-state index in [1.807, 2.05) is 0 Å². The zero-order chi connectivity index (χ0) is 17.0. The minimum atomic E-state index is -0.381. The van der Waals surface area contributed by atoms with Gasteiger partial charge in [-0.1, -0.05) is 5.16 Å². The lowest BCUT2D eigenvalue weighted by Gasteiger charge is -2.16. The van der Waals surface area contributed by atoms with Crippen LogP contribution in [0.1, 0.15) is 21.9 Å². The molecule has 9 heteroatoms. The molecule has 2 N–H and O–H groups in total. The number of carbonyl (C=O) groups is 2. The maximum atomic E-state index is 12.4. The molecule has 0 bridgehead atoms. The summed E-state index contributed by atoms with van der Waals surface area (Å²) in [6.45, 7) is 3.34.